The predicted molar refractivity (Wildman–Crippen MR) is 78.3 cm³/mol. The first kappa shape index (κ1) is 14.3. The van der Waals surface area contributed by atoms with Gasteiger partial charge in [-0.25, -0.2) is 0 Å². The van der Waals surface area contributed by atoms with Crippen molar-refractivity contribution in [2.75, 3.05) is 13.7 Å². The van der Waals surface area contributed by atoms with Gasteiger partial charge in [-0.1, -0.05) is 24.0 Å². The molecule has 1 aromatic carbocycles. The number of aliphatic hydroxyl groups is 1. The van der Waals surface area contributed by atoms with Crippen LogP contribution < -0.4 is 0 Å². The third-order valence-corrected chi connectivity index (χ3v) is 3.41. The van der Waals surface area contributed by atoms with Crippen LogP contribution in [0.1, 0.15) is 20.8 Å². The number of rotatable bonds is 3. The van der Waals surface area contributed by atoms with Crippen LogP contribution in [0.25, 0.3) is 0 Å². The fraction of sp³-hybridized carbons (Fsp3) is 0.200. The van der Waals surface area contributed by atoms with E-state index in [4.69, 9.17) is 5.11 Å². The van der Waals surface area contributed by atoms with Crippen LogP contribution in [0.3, 0.4) is 0 Å². The molecule has 20 heavy (non-hydrogen) atoms. The van der Waals surface area contributed by atoms with Crippen LogP contribution in [-0.4, -0.2) is 34.6 Å². The van der Waals surface area contributed by atoms with E-state index in [0.29, 0.717) is 11.4 Å². The number of benzene rings is 1. The molecule has 1 amide bonds. The van der Waals surface area contributed by atoms with E-state index < -0.39 is 0 Å². The molecule has 0 aliphatic heterocycles. The molecule has 0 aliphatic carbocycles. The molecule has 0 fully saturated rings. The molecule has 0 saturated carbocycles. The third kappa shape index (κ3) is 3.67. The van der Waals surface area contributed by atoms with Gasteiger partial charge < -0.3 is 10.0 Å². The van der Waals surface area contributed by atoms with Crippen molar-refractivity contribution in [3.63, 3.8) is 0 Å². The first-order valence-electron chi connectivity index (χ1n) is 6.03. The van der Waals surface area contributed by atoms with E-state index in [-0.39, 0.29) is 12.5 Å². The Morgan fingerprint density at radius 3 is 3.05 bits per heavy atom. The van der Waals surface area contributed by atoms with E-state index >= 15 is 0 Å². The van der Waals surface area contributed by atoms with E-state index in [1.54, 1.807) is 23.7 Å². The molecule has 0 atom stereocenters. The van der Waals surface area contributed by atoms with E-state index in [9.17, 15) is 4.79 Å². The van der Waals surface area contributed by atoms with Crippen LogP contribution in [-0.2, 0) is 6.54 Å². The number of aromatic nitrogens is 1. The molecule has 1 N–H and O–H groups in total. The number of nitrogens with zero attached hydrogens (tertiary/aromatic N) is 2. The van der Waals surface area contributed by atoms with Gasteiger partial charge in [-0.3, -0.25) is 9.78 Å². The highest BCUT2D eigenvalue weighted by Crippen LogP contribution is 2.12. The molecular formula is C15H14N2O2S. The Morgan fingerprint density at radius 2 is 2.35 bits per heavy atom. The smallest absolute Gasteiger partial charge is 0.265 e. The molecule has 102 valence electrons. The van der Waals surface area contributed by atoms with Crippen molar-refractivity contribution in [1.29, 1.82) is 0 Å². The van der Waals surface area contributed by atoms with Crippen LogP contribution in [0.2, 0.25) is 0 Å². The van der Waals surface area contributed by atoms with Crippen molar-refractivity contribution >= 4 is 17.2 Å². The van der Waals surface area contributed by atoms with Crippen LogP contribution in [0.4, 0.5) is 0 Å². The zero-order valence-corrected chi connectivity index (χ0v) is 11.9. The van der Waals surface area contributed by atoms with Crippen LogP contribution in [0.15, 0.2) is 36.0 Å². The number of amides is 1. The van der Waals surface area contributed by atoms with E-state index in [2.05, 4.69) is 16.8 Å². The van der Waals surface area contributed by atoms with Crippen molar-refractivity contribution in [3.05, 3.63) is 52.0 Å². The minimum Gasteiger partial charge on any atom is -0.384 e. The lowest BCUT2D eigenvalue weighted by Crippen LogP contribution is -2.25. The SMILES string of the molecule is CN(Cc1cccc(C#CCO)c1)C(=O)c1cncs1. The van der Waals surface area contributed by atoms with Gasteiger partial charge in [-0.05, 0) is 17.7 Å². The summed E-state index contributed by atoms with van der Waals surface area (Å²) in [6, 6.07) is 7.62. The Bertz CT molecular complexity index is 641. The maximum atomic E-state index is 12.1. The summed E-state index contributed by atoms with van der Waals surface area (Å²) < 4.78 is 0. The first-order valence-corrected chi connectivity index (χ1v) is 6.91. The van der Waals surface area contributed by atoms with Gasteiger partial charge in [0.2, 0.25) is 0 Å². The lowest BCUT2D eigenvalue weighted by atomic mass is 10.1. The summed E-state index contributed by atoms with van der Waals surface area (Å²) in [6.45, 7) is 0.347. The van der Waals surface area contributed by atoms with Crippen molar-refractivity contribution in [3.8, 4) is 11.8 Å². The maximum Gasteiger partial charge on any atom is 0.265 e. The van der Waals surface area contributed by atoms with E-state index in [1.165, 1.54) is 11.3 Å². The van der Waals surface area contributed by atoms with Gasteiger partial charge in [0.1, 0.15) is 11.5 Å². The third-order valence-electron chi connectivity index (χ3n) is 2.65. The van der Waals surface area contributed by atoms with E-state index in [1.807, 2.05) is 24.3 Å². The lowest BCUT2D eigenvalue weighted by Gasteiger charge is -2.16. The van der Waals surface area contributed by atoms with Gasteiger partial charge in [0.15, 0.2) is 0 Å². The molecule has 0 bridgehead atoms. The Morgan fingerprint density at radius 1 is 1.50 bits per heavy atom. The van der Waals surface area contributed by atoms with Crippen molar-refractivity contribution in [2.24, 2.45) is 0 Å². The summed E-state index contributed by atoms with van der Waals surface area (Å²) in [5.41, 5.74) is 3.47. The molecule has 1 aromatic heterocycles. The van der Waals surface area contributed by atoms with Crippen LogP contribution >= 0.6 is 11.3 Å². The molecule has 2 rings (SSSR count). The lowest BCUT2D eigenvalue weighted by molar-refractivity contribution is 0.0789. The fourth-order valence-corrected chi connectivity index (χ4v) is 2.36. The zero-order valence-electron chi connectivity index (χ0n) is 11.0. The molecule has 2 aromatic rings. The summed E-state index contributed by atoms with van der Waals surface area (Å²) in [7, 11) is 1.76. The minimum absolute atomic E-state index is 0.0423. The number of hydrogen-bond donors (Lipinski definition) is 1. The maximum absolute atomic E-state index is 12.1. The minimum atomic E-state index is -0.159. The Kier molecular flexibility index (Phi) is 4.88. The zero-order chi connectivity index (χ0) is 14.4. The number of hydrogen-bond acceptors (Lipinski definition) is 4. The van der Waals surface area contributed by atoms with Gasteiger partial charge >= 0.3 is 0 Å². The average molecular weight is 286 g/mol. The normalized spacial score (nSPS) is 9.70. The van der Waals surface area contributed by atoms with Crippen LogP contribution in [0, 0.1) is 11.8 Å². The monoisotopic (exact) mass is 286 g/mol. The van der Waals surface area contributed by atoms with Crippen molar-refractivity contribution < 1.29 is 9.90 Å². The van der Waals surface area contributed by atoms with Crippen molar-refractivity contribution in [2.45, 2.75) is 6.54 Å². The van der Waals surface area contributed by atoms with Gasteiger partial charge in [0.05, 0.1) is 11.7 Å². The molecule has 4 nitrogen and oxygen atoms in total. The van der Waals surface area contributed by atoms with Gasteiger partial charge in [-0.2, -0.15) is 0 Å². The first-order chi connectivity index (χ1) is 9.70. The van der Waals surface area contributed by atoms with Gasteiger partial charge in [0.25, 0.3) is 5.91 Å². The predicted octanol–water partition coefficient (Wildman–Crippen LogP) is 1.76. The number of carbonyl (C=O) groups is 1. The fourth-order valence-electron chi connectivity index (χ4n) is 1.74. The topological polar surface area (TPSA) is 53.4 Å². The Hall–Kier alpha value is -2.16. The molecule has 1 heterocycles. The Labute approximate surface area is 121 Å². The number of thiazole rings is 1. The Balaban J connectivity index is 2.08. The second-order valence-electron chi connectivity index (χ2n) is 4.19. The van der Waals surface area contributed by atoms with E-state index in [0.717, 1.165) is 11.1 Å². The molecule has 0 unspecified atom stereocenters. The summed E-state index contributed by atoms with van der Waals surface area (Å²) in [4.78, 5) is 18.3. The average Bonchev–Trinajstić information content (AvgIpc) is 2.98. The molecule has 0 saturated heterocycles. The summed E-state index contributed by atoms with van der Waals surface area (Å²) in [5.74, 6) is 5.42. The molecule has 5 heteroatoms. The molecule has 0 spiro atoms. The molecule has 0 radical (unpaired) electrons. The quantitative estimate of drug-likeness (QED) is 0.875. The highest BCUT2D eigenvalue weighted by atomic mass is 32.1. The second kappa shape index (κ2) is 6.85. The summed E-state index contributed by atoms with van der Waals surface area (Å²) in [6.07, 6.45) is 1.58. The van der Waals surface area contributed by atoms with Crippen molar-refractivity contribution in [1.82, 2.24) is 9.88 Å². The summed E-state index contributed by atoms with van der Waals surface area (Å²) >= 11 is 1.33. The molecule has 0 aliphatic rings. The van der Waals surface area contributed by atoms with Gasteiger partial charge in [-0.15, -0.1) is 11.3 Å². The van der Waals surface area contributed by atoms with Crippen LogP contribution in [0.5, 0.6) is 0 Å². The number of aliphatic hydroxyl groups excluding tert-OH is 1. The highest BCUT2D eigenvalue weighted by Gasteiger charge is 2.13. The van der Waals surface area contributed by atoms with Gasteiger partial charge in [0, 0.05) is 19.2 Å². The highest BCUT2D eigenvalue weighted by molar-refractivity contribution is 7.11. The molecular weight excluding hydrogens is 272 g/mol. The summed E-state index contributed by atoms with van der Waals surface area (Å²) in [5, 5.41) is 8.69. The largest absolute Gasteiger partial charge is 0.384 e. The number of carbonyl (C=O) groups excluding carboxylic acids is 1. The standard InChI is InChI=1S/C15H14N2O2S/c1-17(15(19)14-9-16-11-20-14)10-13-5-2-4-12(8-13)6-3-7-18/h2,4-5,8-9,11,18H,7,10H2,1H3. The second-order valence-corrected chi connectivity index (χ2v) is 5.07.